The van der Waals surface area contributed by atoms with Gasteiger partial charge in [0.1, 0.15) is 5.75 Å². The normalized spacial score (nSPS) is 14.8. The summed E-state index contributed by atoms with van der Waals surface area (Å²) < 4.78 is 6.01. The van der Waals surface area contributed by atoms with Crippen LogP contribution in [0.15, 0.2) is 18.2 Å². The Labute approximate surface area is 102 Å². The van der Waals surface area contributed by atoms with Crippen molar-refractivity contribution in [3.63, 3.8) is 0 Å². The molecule has 2 rings (SSSR count). The highest BCUT2D eigenvalue weighted by Crippen LogP contribution is 2.22. The van der Waals surface area contributed by atoms with Crippen LogP contribution in [0.25, 0.3) is 0 Å². The van der Waals surface area contributed by atoms with Gasteiger partial charge in [-0.25, -0.2) is 0 Å². The SMILES string of the molecule is COc1ccc(C(=O)NC2CC2)c(I)c1. The van der Waals surface area contributed by atoms with Crippen molar-refractivity contribution in [1.82, 2.24) is 5.32 Å². The molecule has 0 heterocycles. The number of carbonyl (C=O) groups is 1. The first-order valence-electron chi connectivity index (χ1n) is 4.85. The zero-order valence-electron chi connectivity index (χ0n) is 8.42. The Bertz CT molecular complexity index is 388. The topological polar surface area (TPSA) is 38.3 Å². The molecule has 1 fully saturated rings. The van der Waals surface area contributed by atoms with Gasteiger partial charge in [-0.1, -0.05) is 0 Å². The maximum Gasteiger partial charge on any atom is 0.252 e. The molecule has 80 valence electrons. The van der Waals surface area contributed by atoms with E-state index in [4.69, 9.17) is 4.74 Å². The van der Waals surface area contributed by atoms with Gasteiger partial charge in [-0.2, -0.15) is 0 Å². The van der Waals surface area contributed by atoms with E-state index in [1.54, 1.807) is 13.2 Å². The zero-order chi connectivity index (χ0) is 10.8. The van der Waals surface area contributed by atoms with E-state index in [-0.39, 0.29) is 5.91 Å². The Balaban J connectivity index is 2.15. The molecule has 1 aromatic rings. The third-order valence-electron chi connectivity index (χ3n) is 2.33. The largest absolute Gasteiger partial charge is 0.497 e. The zero-order valence-corrected chi connectivity index (χ0v) is 10.6. The minimum atomic E-state index is 0.0181. The van der Waals surface area contributed by atoms with Crippen molar-refractivity contribution in [2.45, 2.75) is 18.9 Å². The van der Waals surface area contributed by atoms with Crippen LogP contribution in [0.1, 0.15) is 23.2 Å². The van der Waals surface area contributed by atoms with E-state index in [2.05, 4.69) is 27.9 Å². The minimum Gasteiger partial charge on any atom is -0.497 e. The number of amides is 1. The van der Waals surface area contributed by atoms with Gasteiger partial charge in [-0.05, 0) is 53.6 Å². The number of hydrogen-bond acceptors (Lipinski definition) is 2. The van der Waals surface area contributed by atoms with Crippen LogP contribution in [0.2, 0.25) is 0 Å². The fourth-order valence-corrected chi connectivity index (χ4v) is 2.03. The third-order valence-corrected chi connectivity index (χ3v) is 3.23. The first-order chi connectivity index (χ1) is 7.20. The van der Waals surface area contributed by atoms with E-state index in [1.165, 1.54) is 0 Å². The quantitative estimate of drug-likeness (QED) is 0.868. The molecule has 3 nitrogen and oxygen atoms in total. The van der Waals surface area contributed by atoms with Gasteiger partial charge in [0.15, 0.2) is 0 Å². The summed E-state index contributed by atoms with van der Waals surface area (Å²) in [6.45, 7) is 0. The van der Waals surface area contributed by atoms with Gasteiger partial charge in [-0.3, -0.25) is 4.79 Å². The summed E-state index contributed by atoms with van der Waals surface area (Å²) >= 11 is 2.15. The summed E-state index contributed by atoms with van der Waals surface area (Å²) in [5.41, 5.74) is 0.725. The average Bonchev–Trinajstić information content (AvgIpc) is 3.01. The maximum atomic E-state index is 11.8. The Morgan fingerprint density at radius 2 is 2.27 bits per heavy atom. The molecular weight excluding hydrogens is 305 g/mol. The molecule has 0 aromatic heterocycles. The average molecular weight is 317 g/mol. The van der Waals surface area contributed by atoms with E-state index < -0.39 is 0 Å². The number of halogens is 1. The van der Waals surface area contributed by atoms with Crippen molar-refractivity contribution in [3.8, 4) is 5.75 Å². The maximum absolute atomic E-state index is 11.8. The Morgan fingerprint density at radius 1 is 1.53 bits per heavy atom. The van der Waals surface area contributed by atoms with Crippen LogP contribution in [0.3, 0.4) is 0 Å². The predicted molar refractivity (Wildman–Crippen MR) is 66.2 cm³/mol. The van der Waals surface area contributed by atoms with Crippen molar-refractivity contribution in [2.75, 3.05) is 7.11 Å². The lowest BCUT2D eigenvalue weighted by atomic mass is 10.2. The molecule has 1 aliphatic carbocycles. The molecule has 0 unspecified atom stereocenters. The first-order valence-corrected chi connectivity index (χ1v) is 5.93. The molecule has 0 saturated heterocycles. The number of nitrogens with one attached hydrogen (secondary N) is 1. The smallest absolute Gasteiger partial charge is 0.252 e. The van der Waals surface area contributed by atoms with Gasteiger partial charge in [0.05, 0.1) is 12.7 Å². The lowest BCUT2D eigenvalue weighted by Crippen LogP contribution is -2.26. The molecule has 0 atom stereocenters. The molecule has 1 aromatic carbocycles. The summed E-state index contributed by atoms with van der Waals surface area (Å²) in [4.78, 5) is 11.8. The molecule has 4 heteroatoms. The van der Waals surface area contributed by atoms with Crippen LogP contribution in [-0.2, 0) is 0 Å². The molecule has 1 amide bonds. The van der Waals surface area contributed by atoms with E-state index in [0.717, 1.165) is 27.7 Å². The second-order valence-electron chi connectivity index (χ2n) is 3.59. The molecule has 1 aliphatic rings. The third kappa shape index (κ3) is 2.62. The van der Waals surface area contributed by atoms with Crippen molar-refractivity contribution >= 4 is 28.5 Å². The molecule has 0 bridgehead atoms. The van der Waals surface area contributed by atoms with Crippen LogP contribution < -0.4 is 10.1 Å². The first kappa shape index (κ1) is 10.7. The fraction of sp³-hybridized carbons (Fsp3) is 0.364. The summed E-state index contributed by atoms with van der Waals surface area (Å²) in [6, 6.07) is 5.88. The van der Waals surface area contributed by atoms with E-state index >= 15 is 0 Å². The molecule has 0 aliphatic heterocycles. The van der Waals surface area contributed by atoms with Gasteiger partial charge in [0.2, 0.25) is 0 Å². The Morgan fingerprint density at radius 3 is 2.80 bits per heavy atom. The molecule has 0 radical (unpaired) electrons. The summed E-state index contributed by atoms with van der Waals surface area (Å²) in [7, 11) is 1.62. The second kappa shape index (κ2) is 4.38. The Hall–Kier alpha value is -0.780. The highest BCUT2D eigenvalue weighted by Gasteiger charge is 2.24. The van der Waals surface area contributed by atoms with Gasteiger partial charge >= 0.3 is 0 Å². The Kier molecular flexibility index (Phi) is 3.14. The van der Waals surface area contributed by atoms with Crippen molar-refractivity contribution in [2.24, 2.45) is 0 Å². The molecular formula is C11H12INO2. The van der Waals surface area contributed by atoms with Gasteiger partial charge in [-0.15, -0.1) is 0 Å². The number of hydrogen-bond donors (Lipinski definition) is 1. The lowest BCUT2D eigenvalue weighted by molar-refractivity contribution is 0.0950. The van der Waals surface area contributed by atoms with E-state index in [9.17, 15) is 4.79 Å². The molecule has 1 N–H and O–H groups in total. The predicted octanol–water partition coefficient (Wildman–Crippen LogP) is 2.19. The van der Waals surface area contributed by atoms with Crippen LogP contribution in [-0.4, -0.2) is 19.1 Å². The van der Waals surface area contributed by atoms with Gasteiger partial charge in [0.25, 0.3) is 5.91 Å². The number of carbonyl (C=O) groups excluding carboxylic acids is 1. The van der Waals surface area contributed by atoms with E-state index in [1.807, 2.05) is 12.1 Å². The molecule has 1 saturated carbocycles. The number of ether oxygens (including phenoxy) is 1. The standard InChI is InChI=1S/C11H12INO2/c1-15-8-4-5-9(10(12)6-8)11(14)13-7-2-3-7/h4-7H,2-3H2,1H3,(H,13,14). The van der Waals surface area contributed by atoms with Crippen LogP contribution in [0.5, 0.6) is 5.75 Å². The van der Waals surface area contributed by atoms with Crippen LogP contribution in [0.4, 0.5) is 0 Å². The summed E-state index contributed by atoms with van der Waals surface area (Å²) in [5.74, 6) is 0.798. The minimum absolute atomic E-state index is 0.0181. The van der Waals surface area contributed by atoms with Crippen molar-refractivity contribution < 1.29 is 9.53 Å². The van der Waals surface area contributed by atoms with Crippen molar-refractivity contribution in [1.29, 1.82) is 0 Å². The lowest BCUT2D eigenvalue weighted by Gasteiger charge is -2.07. The van der Waals surface area contributed by atoms with Gasteiger partial charge in [0, 0.05) is 9.61 Å². The van der Waals surface area contributed by atoms with Crippen molar-refractivity contribution in [3.05, 3.63) is 27.3 Å². The molecule has 0 spiro atoms. The molecule has 15 heavy (non-hydrogen) atoms. The number of methoxy groups -OCH3 is 1. The van der Waals surface area contributed by atoms with Crippen LogP contribution >= 0.6 is 22.6 Å². The number of benzene rings is 1. The highest BCUT2D eigenvalue weighted by molar-refractivity contribution is 14.1. The summed E-state index contributed by atoms with van der Waals surface area (Å²) in [5, 5.41) is 2.96. The fourth-order valence-electron chi connectivity index (χ4n) is 1.30. The second-order valence-corrected chi connectivity index (χ2v) is 4.76. The number of rotatable bonds is 3. The van der Waals surface area contributed by atoms with E-state index in [0.29, 0.717) is 6.04 Å². The van der Waals surface area contributed by atoms with Gasteiger partial charge < -0.3 is 10.1 Å². The van der Waals surface area contributed by atoms with Crippen LogP contribution in [0, 0.1) is 3.57 Å². The summed E-state index contributed by atoms with van der Waals surface area (Å²) in [6.07, 6.45) is 2.22. The highest BCUT2D eigenvalue weighted by atomic mass is 127. The monoisotopic (exact) mass is 317 g/mol.